The Morgan fingerprint density at radius 1 is 1.50 bits per heavy atom. The first-order chi connectivity index (χ1) is 9.63. The van der Waals surface area contributed by atoms with Gasteiger partial charge in [-0.25, -0.2) is 4.39 Å². The first-order valence-electron chi connectivity index (χ1n) is 6.93. The maximum atomic E-state index is 13.8. The topological polar surface area (TPSA) is 20.3 Å². The van der Waals surface area contributed by atoms with Gasteiger partial charge >= 0.3 is 0 Å². The Balaban J connectivity index is 2.04. The molecule has 20 heavy (non-hydrogen) atoms. The zero-order valence-corrected chi connectivity index (χ0v) is 13.1. The molecule has 1 saturated carbocycles. The highest BCUT2D eigenvalue weighted by molar-refractivity contribution is 7.99. The van der Waals surface area contributed by atoms with Gasteiger partial charge in [0.15, 0.2) is 0 Å². The van der Waals surface area contributed by atoms with Crippen LogP contribution in [0.1, 0.15) is 31.7 Å². The summed E-state index contributed by atoms with van der Waals surface area (Å²) < 4.78 is 13.8. The predicted molar refractivity (Wildman–Crippen MR) is 82.6 cm³/mol. The molecule has 0 N–H and O–H groups in total. The second-order valence-corrected chi connectivity index (χ2v) is 6.52. The number of rotatable bonds is 7. The molecule has 0 aromatic heterocycles. The third-order valence-corrected chi connectivity index (χ3v) is 4.77. The molecular weight excluding hydrogens is 297 g/mol. The van der Waals surface area contributed by atoms with E-state index in [9.17, 15) is 9.18 Å². The summed E-state index contributed by atoms with van der Waals surface area (Å²) in [5, 5.41) is 0.393. The highest BCUT2D eigenvalue weighted by Gasteiger charge is 2.33. The number of thioether (sulfide) groups is 1. The number of carbonyl (C=O) groups is 1. The van der Waals surface area contributed by atoms with Crippen LogP contribution in [0.25, 0.3) is 0 Å². The normalized spacial score (nSPS) is 14.3. The molecule has 0 unspecified atom stereocenters. The van der Waals surface area contributed by atoms with Crippen LogP contribution in [0.15, 0.2) is 18.2 Å². The van der Waals surface area contributed by atoms with E-state index in [4.69, 9.17) is 11.6 Å². The zero-order valence-electron chi connectivity index (χ0n) is 11.6. The van der Waals surface area contributed by atoms with Gasteiger partial charge in [0.05, 0.1) is 12.3 Å². The molecule has 0 radical (unpaired) electrons. The lowest BCUT2D eigenvalue weighted by Crippen LogP contribution is -2.34. The summed E-state index contributed by atoms with van der Waals surface area (Å²) in [5.41, 5.74) is 0.426. The number of hydrogen-bond donors (Lipinski definition) is 0. The van der Waals surface area contributed by atoms with Crippen LogP contribution in [-0.2, 0) is 11.3 Å². The second kappa shape index (κ2) is 7.32. The Morgan fingerprint density at radius 2 is 2.25 bits per heavy atom. The van der Waals surface area contributed by atoms with E-state index < -0.39 is 0 Å². The van der Waals surface area contributed by atoms with E-state index in [1.54, 1.807) is 28.8 Å². The van der Waals surface area contributed by atoms with Crippen molar-refractivity contribution in [3.05, 3.63) is 34.6 Å². The van der Waals surface area contributed by atoms with Crippen molar-refractivity contribution < 1.29 is 9.18 Å². The Morgan fingerprint density at radius 3 is 2.85 bits per heavy atom. The molecule has 1 aliphatic rings. The lowest BCUT2D eigenvalue weighted by atomic mass is 10.2. The van der Waals surface area contributed by atoms with E-state index in [2.05, 4.69) is 6.92 Å². The van der Waals surface area contributed by atoms with Crippen molar-refractivity contribution in [1.82, 2.24) is 4.90 Å². The molecule has 0 heterocycles. The van der Waals surface area contributed by atoms with Crippen molar-refractivity contribution in [3.63, 3.8) is 0 Å². The van der Waals surface area contributed by atoms with Gasteiger partial charge in [-0.1, -0.05) is 24.6 Å². The average molecular weight is 316 g/mol. The molecule has 1 aromatic carbocycles. The van der Waals surface area contributed by atoms with Gasteiger partial charge in [-0.2, -0.15) is 11.8 Å². The van der Waals surface area contributed by atoms with Crippen LogP contribution in [-0.4, -0.2) is 28.4 Å². The van der Waals surface area contributed by atoms with E-state index in [1.807, 2.05) is 0 Å². The third kappa shape index (κ3) is 4.13. The molecule has 2 rings (SSSR count). The molecule has 110 valence electrons. The minimum absolute atomic E-state index is 0.0882. The molecule has 0 atom stereocenters. The van der Waals surface area contributed by atoms with Crippen molar-refractivity contribution in [2.75, 3.05) is 11.5 Å². The SMILES string of the molecule is CCCSCC(=O)N(Cc1c(F)cccc1Cl)C1CC1. The van der Waals surface area contributed by atoms with Gasteiger partial charge in [0, 0.05) is 16.6 Å². The summed E-state index contributed by atoms with van der Waals surface area (Å²) in [7, 11) is 0. The van der Waals surface area contributed by atoms with Crippen molar-refractivity contribution in [1.29, 1.82) is 0 Å². The molecule has 2 nitrogen and oxygen atoms in total. The largest absolute Gasteiger partial charge is 0.335 e. The van der Waals surface area contributed by atoms with Gasteiger partial charge < -0.3 is 4.90 Å². The Hall–Kier alpha value is -0.740. The fourth-order valence-electron chi connectivity index (χ4n) is 2.05. The third-order valence-electron chi connectivity index (χ3n) is 3.27. The van der Waals surface area contributed by atoms with Crippen LogP contribution in [0.2, 0.25) is 5.02 Å². The smallest absolute Gasteiger partial charge is 0.233 e. The highest BCUT2D eigenvalue weighted by Crippen LogP contribution is 2.31. The number of carbonyl (C=O) groups excluding carboxylic acids is 1. The summed E-state index contributed by atoms with van der Waals surface area (Å²) in [6.45, 7) is 2.37. The Labute approximate surface area is 128 Å². The molecule has 5 heteroatoms. The van der Waals surface area contributed by atoms with Crippen molar-refractivity contribution in [2.45, 2.75) is 38.8 Å². The number of halogens is 2. The van der Waals surface area contributed by atoms with Gasteiger partial charge in [0.25, 0.3) is 0 Å². The maximum Gasteiger partial charge on any atom is 0.233 e. The number of nitrogens with zero attached hydrogens (tertiary/aromatic N) is 1. The van der Waals surface area contributed by atoms with E-state index in [0.717, 1.165) is 25.0 Å². The van der Waals surface area contributed by atoms with Crippen LogP contribution in [0.3, 0.4) is 0 Å². The zero-order chi connectivity index (χ0) is 14.5. The van der Waals surface area contributed by atoms with E-state index in [1.165, 1.54) is 6.07 Å². The molecule has 1 aliphatic carbocycles. The Bertz CT molecular complexity index is 459. The molecule has 1 fully saturated rings. The standard InChI is InChI=1S/C15H19ClFNOS/c1-2-8-20-10-15(19)18(11-6-7-11)9-12-13(16)4-3-5-14(12)17/h3-5,11H,2,6-10H2,1H3. The van der Waals surface area contributed by atoms with Crippen LogP contribution in [0.5, 0.6) is 0 Å². The van der Waals surface area contributed by atoms with Crippen LogP contribution in [0, 0.1) is 5.82 Å². The minimum atomic E-state index is -0.336. The first-order valence-corrected chi connectivity index (χ1v) is 8.46. The molecule has 1 amide bonds. The monoisotopic (exact) mass is 315 g/mol. The van der Waals surface area contributed by atoms with Crippen molar-refractivity contribution >= 4 is 29.3 Å². The second-order valence-electron chi connectivity index (χ2n) is 5.01. The molecule has 0 saturated heterocycles. The van der Waals surface area contributed by atoms with Crippen LogP contribution >= 0.6 is 23.4 Å². The van der Waals surface area contributed by atoms with Gasteiger partial charge in [0.1, 0.15) is 5.82 Å². The van der Waals surface area contributed by atoms with Crippen molar-refractivity contribution in [3.8, 4) is 0 Å². The Kier molecular flexibility index (Phi) is 5.73. The average Bonchev–Trinajstić information content (AvgIpc) is 3.23. The van der Waals surface area contributed by atoms with E-state index in [-0.39, 0.29) is 24.3 Å². The van der Waals surface area contributed by atoms with Gasteiger partial charge in [0.2, 0.25) is 5.91 Å². The maximum absolute atomic E-state index is 13.8. The number of hydrogen-bond acceptors (Lipinski definition) is 2. The number of amides is 1. The summed E-state index contributed by atoms with van der Waals surface area (Å²) in [6, 6.07) is 4.91. The fraction of sp³-hybridized carbons (Fsp3) is 0.533. The number of benzene rings is 1. The van der Waals surface area contributed by atoms with Crippen LogP contribution in [0.4, 0.5) is 4.39 Å². The first kappa shape index (κ1) is 15.6. The van der Waals surface area contributed by atoms with Gasteiger partial charge in [-0.05, 0) is 37.1 Å². The molecular formula is C15H19ClFNOS. The van der Waals surface area contributed by atoms with E-state index >= 15 is 0 Å². The lowest BCUT2D eigenvalue weighted by Gasteiger charge is -2.23. The lowest BCUT2D eigenvalue weighted by molar-refractivity contribution is -0.129. The molecule has 0 spiro atoms. The fourth-order valence-corrected chi connectivity index (χ4v) is 3.04. The van der Waals surface area contributed by atoms with Crippen molar-refractivity contribution in [2.24, 2.45) is 0 Å². The highest BCUT2D eigenvalue weighted by atomic mass is 35.5. The molecule has 1 aromatic rings. The summed E-state index contributed by atoms with van der Waals surface area (Å²) in [5.74, 6) is 1.20. The summed E-state index contributed by atoms with van der Waals surface area (Å²) in [6.07, 6.45) is 3.08. The predicted octanol–water partition coefficient (Wildman–Crippen LogP) is 4.11. The summed E-state index contributed by atoms with van der Waals surface area (Å²) >= 11 is 7.68. The van der Waals surface area contributed by atoms with Gasteiger partial charge in [-0.15, -0.1) is 0 Å². The molecule has 0 bridgehead atoms. The molecule has 0 aliphatic heterocycles. The van der Waals surface area contributed by atoms with Crippen LogP contribution < -0.4 is 0 Å². The minimum Gasteiger partial charge on any atom is -0.335 e. The summed E-state index contributed by atoms with van der Waals surface area (Å²) in [4.78, 5) is 14.1. The quantitative estimate of drug-likeness (QED) is 0.706. The van der Waals surface area contributed by atoms with E-state index in [0.29, 0.717) is 16.3 Å². The van der Waals surface area contributed by atoms with Gasteiger partial charge in [-0.3, -0.25) is 4.79 Å².